The van der Waals surface area contributed by atoms with E-state index in [2.05, 4.69) is 10.1 Å². The van der Waals surface area contributed by atoms with Crippen molar-refractivity contribution in [2.24, 2.45) is 0 Å². The van der Waals surface area contributed by atoms with Gasteiger partial charge in [0.25, 0.3) is 0 Å². The molecule has 18 heavy (non-hydrogen) atoms. The Bertz CT molecular complexity index is 633. The molecule has 0 amide bonds. The summed E-state index contributed by atoms with van der Waals surface area (Å²) in [7, 11) is -4.22. The Hall–Kier alpha value is -1.80. The Labute approximate surface area is 104 Å². The highest BCUT2D eigenvalue weighted by Crippen LogP contribution is 2.15. The van der Waals surface area contributed by atoms with E-state index >= 15 is 0 Å². The van der Waals surface area contributed by atoms with Crippen molar-refractivity contribution in [2.45, 2.75) is 13.5 Å². The minimum atomic E-state index is -4.22. The van der Waals surface area contributed by atoms with E-state index in [4.69, 9.17) is 4.42 Å². The molecule has 0 unspecified atom stereocenters. The van der Waals surface area contributed by atoms with Crippen LogP contribution in [-0.2, 0) is 16.7 Å². The molecule has 0 aliphatic heterocycles. The van der Waals surface area contributed by atoms with Crippen LogP contribution >= 0.6 is 0 Å². The van der Waals surface area contributed by atoms with E-state index in [-0.39, 0.29) is 6.54 Å². The predicted molar refractivity (Wildman–Crippen MR) is 59.2 cm³/mol. The van der Waals surface area contributed by atoms with Crippen LogP contribution in [0.15, 0.2) is 29.1 Å². The minimum Gasteiger partial charge on any atom is -0.748 e. The molecule has 0 aliphatic rings. The Balaban J connectivity index is 2.10. The molecule has 0 fully saturated rings. The normalized spacial score (nSPS) is 11.7. The molecule has 0 saturated carbocycles. The highest BCUT2D eigenvalue weighted by atomic mass is 32.2. The lowest BCUT2D eigenvalue weighted by Crippen LogP contribution is -2.40. The molecule has 0 atom stereocenters. The quantitative estimate of drug-likeness (QED) is 0.566. The minimum absolute atomic E-state index is 0.0245. The molecule has 0 N–H and O–H groups in total. The summed E-state index contributed by atoms with van der Waals surface area (Å²) < 4.78 is 38.0. The maximum Gasteiger partial charge on any atom is 0.228 e. The van der Waals surface area contributed by atoms with Crippen LogP contribution in [-0.4, -0.2) is 28.8 Å². The molecule has 0 radical (unpaired) electrons. The lowest BCUT2D eigenvalue weighted by Gasteiger charge is -2.02. The van der Waals surface area contributed by atoms with Crippen LogP contribution in [0.2, 0.25) is 0 Å². The molecule has 2 rings (SSSR count). The number of aryl methyl sites for hydroxylation is 2. The second-order valence-electron chi connectivity index (χ2n) is 3.73. The zero-order chi connectivity index (χ0) is 13.2. The lowest BCUT2D eigenvalue weighted by molar-refractivity contribution is -0.750. The summed E-state index contributed by atoms with van der Waals surface area (Å²) in [6.07, 6.45) is 4.60. The first-order chi connectivity index (χ1) is 8.44. The van der Waals surface area contributed by atoms with Crippen molar-refractivity contribution >= 4 is 10.1 Å². The van der Waals surface area contributed by atoms with Crippen LogP contribution in [0.4, 0.5) is 0 Å². The number of hydrogen-bond donors (Lipinski definition) is 0. The molecule has 7 nitrogen and oxygen atoms in total. The highest BCUT2D eigenvalue weighted by Gasteiger charge is 2.09. The zero-order valence-electron chi connectivity index (χ0n) is 9.61. The van der Waals surface area contributed by atoms with Crippen LogP contribution in [0.3, 0.4) is 0 Å². The second kappa shape index (κ2) is 4.83. The molecular formula is C10H11N3O4S. The van der Waals surface area contributed by atoms with Crippen LogP contribution in [0.25, 0.3) is 11.5 Å². The number of rotatable bonds is 4. The third kappa shape index (κ3) is 3.34. The summed E-state index contributed by atoms with van der Waals surface area (Å²) in [5.41, 5.74) is 1.45. The maximum atomic E-state index is 10.5. The highest BCUT2D eigenvalue weighted by molar-refractivity contribution is 7.85. The number of hydrogen-bond acceptors (Lipinski definition) is 6. The third-order valence-corrected chi connectivity index (χ3v) is 2.89. The van der Waals surface area contributed by atoms with Crippen molar-refractivity contribution in [3.8, 4) is 11.5 Å². The maximum absolute atomic E-state index is 10.5. The molecule has 0 bridgehead atoms. The van der Waals surface area contributed by atoms with E-state index in [1.807, 2.05) is 6.92 Å². The van der Waals surface area contributed by atoms with Crippen LogP contribution in [0, 0.1) is 6.92 Å². The van der Waals surface area contributed by atoms with Gasteiger partial charge in [0.15, 0.2) is 12.7 Å². The van der Waals surface area contributed by atoms with Crippen LogP contribution in [0.5, 0.6) is 0 Å². The number of nitrogens with zero attached hydrogens (tertiary/aromatic N) is 3. The van der Waals surface area contributed by atoms with Gasteiger partial charge in [-0.2, -0.15) is 0 Å². The number of oxazole rings is 1. The van der Waals surface area contributed by atoms with E-state index in [1.165, 1.54) is 17.1 Å². The standard InChI is InChI=1S/C10H11N3O4S/c1-8-7-17-10(12-8)9-2-3-13(11-6-9)4-5-18(14,15)16/h2-3,6-7H,4-5H2,1H3. The van der Waals surface area contributed by atoms with Crippen molar-refractivity contribution < 1.29 is 22.1 Å². The molecule has 8 heteroatoms. The summed E-state index contributed by atoms with van der Waals surface area (Å²) in [4.78, 5) is 4.13. The fourth-order valence-corrected chi connectivity index (χ4v) is 1.75. The fraction of sp³-hybridized carbons (Fsp3) is 0.300. The molecule has 2 aromatic rings. The average molecular weight is 269 g/mol. The first-order valence-electron chi connectivity index (χ1n) is 5.16. The fourth-order valence-electron chi connectivity index (χ4n) is 1.33. The van der Waals surface area contributed by atoms with E-state index in [0.29, 0.717) is 11.5 Å². The SMILES string of the molecule is Cc1coc(-c2cc[n+](CCS(=O)(=O)[O-])nc2)n1. The Morgan fingerprint density at radius 2 is 2.28 bits per heavy atom. The molecule has 0 aromatic carbocycles. The van der Waals surface area contributed by atoms with Gasteiger partial charge >= 0.3 is 0 Å². The van der Waals surface area contributed by atoms with Gasteiger partial charge in [0.05, 0.1) is 17.0 Å². The van der Waals surface area contributed by atoms with Gasteiger partial charge in [-0.05, 0) is 12.0 Å². The second-order valence-corrected chi connectivity index (χ2v) is 5.26. The molecule has 2 heterocycles. The summed E-state index contributed by atoms with van der Waals surface area (Å²) in [5.74, 6) is -0.0362. The van der Waals surface area contributed by atoms with Gasteiger partial charge in [0, 0.05) is 6.07 Å². The molecule has 0 spiro atoms. The monoisotopic (exact) mass is 269 g/mol. The summed E-state index contributed by atoms with van der Waals surface area (Å²) >= 11 is 0. The molecule has 0 saturated heterocycles. The van der Waals surface area contributed by atoms with Crippen molar-refractivity contribution in [1.82, 2.24) is 10.1 Å². The summed E-state index contributed by atoms with van der Waals surface area (Å²) in [6.45, 7) is 1.83. The average Bonchev–Trinajstić information content (AvgIpc) is 2.73. The van der Waals surface area contributed by atoms with Gasteiger partial charge in [0.1, 0.15) is 22.6 Å². The van der Waals surface area contributed by atoms with Gasteiger partial charge in [-0.15, -0.1) is 0 Å². The Kier molecular flexibility index (Phi) is 3.39. The lowest BCUT2D eigenvalue weighted by atomic mass is 10.3. The first kappa shape index (κ1) is 12.7. The molecule has 0 aliphatic carbocycles. The topological polar surface area (TPSA) is 100 Å². The molecule has 2 aromatic heterocycles. The van der Waals surface area contributed by atoms with Crippen molar-refractivity contribution in [3.63, 3.8) is 0 Å². The largest absolute Gasteiger partial charge is 0.748 e. The van der Waals surface area contributed by atoms with Gasteiger partial charge in [-0.1, -0.05) is 4.68 Å². The van der Waals surface area contributed by atoms with Crippen molar-refractivity contribution in [1.29, 1.82) is 0 Å². The van der Waals surface area contributed by atoms with E-state index in [0.717, 1.165) is 5.69 Å². The van der Waals surface area contributed by atoms with Gasteiger partial charge in [-0.3, -0.25) is 0 Å². The van der Waals surface area contributed by atoms with Crippen molar-refractivity contribution in [2.75, 3.05) is 5.75 Å². The molecule has 96 valence electrons. The van der Waals surface area contributed by atoms with Gasteiger partial charge < -0.3 is 8.97 Å². The Morgan fingerprint density at radius 3 is 2.78 bits per heavy atom. The third-order valence-electron chi connectivity index (χ3n) is 2.21. The first-order valence-corrected chi connectivity index (χ1v) is 6.74. The van der Waals surface area contributed by atoms with Crippen LogP contribution < -0.4 is 4.68 Å². The van der Waals surface area contributed by atoms with Gasteiger partial charge in [0.2, 0.25) is 5.89 Å². The van der Waals surface area contributed by atoms with E-state index in [1.54, 1.807) is 12.3 Å². The summed E-state index contributed by atoms with van der Waals surface area (Å²) in [6, 6.07) is 1.69. The predicted octanol–water partition coefficient (Wildman–Crippen LogP) is -0.122. The van der Waals surface area contributed by atoms with E-state index < -0.39 is 15.9 Å². The van der Waals surface area contributed by atoms with E-state index in [9.17, 15) is 13.0 Å². The zero-order valence-corrected chi connectivity index (χ0v) is 10.4. The van der Waals surface area contributed by atoms with Crippen molar-refractivity contribution in [3.05, 3.63) is 30.4 Å². The Morgan fingerprint density at radius 1 is 1.50 bits per heavy atom. The molecular weight excluding hydrogens is 258 g/mol. The smallest absolute Gasteiger partial charge is 0.228 e. The van der Waals surface area contributed by atoms with Gasteiger partial charge in [-0.25, -0.2) is 13.4 Å². The number of aromatic nitrogens is 3. The van der Waals surface area contributed by atoms with Crippen LogP contribution in [0.1, 0.15) is 5.69 Å². The summed E-state index contributed by atoms with van der Waals surface area (Å²) in [5, 5.41) is 3.98.